The van der Waals surface area contributed by atoms with Crippen LogP contribution in [0.4, 0.5) is 11.4 Å². The number of non-ortho nitro benzene ring substituents is 1. The molecule has 2 N–H and O–H groups in total. The number of hydrogen-bond donors (Lipinski definition) is 1. The quantitative estimate of drug-likeness (QED) is 0.551. The van der Waals surface area contributed by atoms with E-state index in [4.69, 9.17) is 19.9 Å². The predicted octanol–water partition coefficient (Wildman–Crippen LogP) is 1.68. The summed E-state index contributed by atoms with van der Waals surface area (Å²) in [5.74, 6) is -0.426. The van der Waals surface area contributed by atoms with Crippen LogP contribution in [0.5, 0.6) is 17.2 Å². The number of ether oxygens (including phenoxy) is 3. The minimum Gasteiger partial charge on any atom is -0.493 e. The van der Waals surface area contributed by atoms with Gasteiger partial charge in [0.2, 0.25) is 5.75 Å². The molecule has 0 aromatic heterocycles. The van der Waals surface area contributed by atoms with E-state index in [1.165, 1.54) is 43.4 Å². The summed E-state index contributed by atoms with van der Waals surface area (Å²) in [6.07, 6.45) is 0.511. The Balaban J connectivity index is 1.94. The first kappa shape index (κ1) is 19.9. The van der Waals surface area contributed by atoms with Crippen molar-refractivity contribution in [2.24, 2.45) is 5.73 Å². The first-order chi connectivity index (χ1) is 13.8. The van der Waals surface area contributed by atoms with Gasteiger partial charge in [-0.05, 0) is 30.2 Å². The standard InChI is InChI=1S/C19H19N3O7/c1-27-15-8-12(9-16(28-2)18(15)29-10-17(20)23)19(24)21-6-5-11-7-13(22(25)26)3-4-14(11)21/h3-4,7-9H,5-6,10H2,1-2H3,(H2,20,23). The maximum absolute atomic E-state index is 13.1. The predicted molar refractivity (Wildman–Crippen MR) is 103 cm³/mol. The number of nitrogens with two attached hydrogens (primary N) is 1. The number of nitro groups is 1. The van der Waals surface area contributed by atoms with Gasteiger partial charge in [0, 0.05) is 29.9 Å². The fourth-order valence-electron chi connectivity index (χ4n) is 3.16. The highest BCUT2D eigenvalue weighted by atomic mass is 16.6. The number of amides is 2. The molecule has 0 aliphatic carbocycles. The van der Waals surface area contributed by atoms with Crippen LogP contribution in [0.1, 0.15) is 15.9 Å². The number of fused-ring (bicyclic) bond motifs is 1. The van der Waals surface area contributed by atoms with Crippen LogP contribution in [-0.4, -0.2) is 44.1 Å². The van der Waals surface area contributed by atoms with E-state index in [1.807, 2.05) is 0 Å². The largest absolute Gasteiger partial charge is 0.493 e. The average Bonchev–Trinajstić information content (AvgIpc) is 3.13. The third kappa shape index (κ3) is 3.91. The number of primary amides is 1. The van der Waals surface area contributed by atoms with Crippen molar-refractivity contribution < 1.29 is 28.7 Å². The van der Waals surface area contributed by atoms with Crippen molar-refractivity contribution in [3.8, 4) is 17.2 Å². The number of methoxy groups -OCH3 is 2. The summed E-state index contributed by atoms with van der Waals surface area (Å²) < 4.78 is 15.9. The minimum absolute atomic E-state index is 0.0164. The average molecular weight is 401 g/mol. The van der Waals surface area contributed by atoms with Gasteiger partial charge in [-0.25, -0.2) is 0 Å². The maximum atomic E-state index is 13.1. The molecule has 2 aromatic rings. The van der Waals surface area contributed by atoms with Crippen molar-refractivity contribution in [1.29, 1.82) is 0 Å². The van der Waals surface area contributed by atoms with Crippen molar-refractivity contribution in [2.75, 3.05) is 32.3 Å². The third-order valence-corrected chi connectivity index (χ3v) is 4.48. The van der Waals surface area contributed by atoms with E-state index in [-0.39, 0.29) is 41.0 Å². The second-order valence-electron chi connectivity index (χ2n) is 6.24. The van der Waals surface area contributed by atoms with Crippen molar-refractivity contribution in [2.45, 2.75) is 6.42 Å². The fraction of sp³-hybridized carbons (Fsp3) is 0.263. The highest BCUT2D eigenvalue weighted by Crippen LogP contribution is 2.40. The Labute approximate surface area is 165 Å². The van der Waals surface area contributed by atoms with Crippen LogP contribution in [0.2, 0.25) is 0 Å². The smallest absolute Gasteiger partial charge is 0.269 e. The first-order valence-electron chi connectivity index (χ1n) is 8.62. The van der Waals surface area contributed by atoms with E-state index in [2.05, 4.69) is 0 Å². The van der Waals surface area contributed by atoms with Gasteiger partial charge >= 0.3 is 0 Å². The summed E-state index contributed by atoms with van der Waals surface area (Å²) in [5.41, 5.74) is 6.72. The molecule has 2 amide bonds. The van der Waals surface area contributed by atoms with E-state index < -0.39 is 10.8 Å². The molecular weight excluding hydrogens is 382 g/mol. The van der Waals surface area contributed by atoms with E-state index in [0.29, 0.717) is 18.7 Å². The Hall–Kier alpha value is -3.82. The monoisotopic (exact) mass is 401 g/mol. The van der Waals surface area contributed by atoms with Gasteiger partial charge in [-0.1, -0.05) is 0 Å². The molecule has 152 valence electrons. The molecule has 10 nitrogen and oxygen atoms in total. The highest BCUT2D eigenvalue weighted by Gasteiger charge is 2.29. The maximum Gasteiger partial charge on any atom is 0.269 e. The van der Waals surface area contributed by atoms with Crippen LogP contribution < -0.4 is 24.8 Å². The number of nitro benzene ring substituents is 1. The summed E-state index contributed by atoms with van der Waals surface area (Å²) in [6, 6.07) is 7.36. The second-order valence-corrected chi connectivity index (χ2v) is 6.24. The normalized spacial score (nSPS) is 12.3. The van der Waals surface area contributed by atoms with Gasteiger partial charge in [0.05, 0.1) is 19.1 Å². The van der Waals surface area contributed by atoms with Crippen molar-refractivity contribution in [1.82, 2.24) is 0 Å². The molecule has 0 saturated carbocycles. The van der Waals surface area contributed by atoms with Gasteiger partial charge in [-0.15, -0.1) is 0 Å². The number of anilines is 1. The summed E-state index contributed by atoms with van der Waals surface area (Å²) in [4.78, 5) is 36.2. The number of carbonyl (C=O) groups excluding carboxylic acids is 2. The molecule has 2 aromatic carbocycles. The first-order valence-corrected chi connectivity index (χ1v) is 8.62. The molecule has 0 saturated heterocycles. The lowest BCUT2D eigenvalue weighted by Gasteiger charge is -2.20. The van der Waals surface area contributed by atoms with Gasteiger partial charge in [0.15, 0.2) is 18.1 Å². The van der Waals surface area contributed by atoms with Gasteiger partial charge in [0.1, 0.15) is 0 Å². The number of nitrogens with zero attached hydrogens (tertiary/aromatic N) is 2. The van der Waals surface area contributed by atoms with Gasteiger partial charge in [-0.2, -0.15) is 0 Å². The molecule has 10 heteroatoms. The molecule has 0 unspecified atom stereocenters. The van der Waals surface area contributed by atoms with Crippen LogP contribution >= 0.6 is 0 Å². The number of benzene rings is 2. The fourth-order valence-corrected chi connectivity index (χ4v) is 3.16. The van der Waals surface area contributed by atoms with Gasteiger partial charge in [0.25, 0.3) is 17.5 Å². The van der Waals surface area contributed by atoms with Crippen molar-refractivity contribution in [3.05, 3.63) is 51.6 Å². The molecule has 1 heterocycles. The van der Waals surface area contributed by atoms with E-state index in [9.17, 15) is 19.7 Å². The molecule has 0 fully saturated rings. The van der Waals surface area contributed by atoms with Crippen molar-refractivity contribution in [3.63, 3.8) is 0 Å². The molecule has 1 aliphatic rings. The molecule has 0 bridgehead atoms. The number of carbonyl (C=O) groups is 2. The van der Waals surface area contributed by atoms with E-state index >= 15 is 0 Å². The van der Waals surface area contributed by atoms with E-state index in [0.717, 1.165) is 5.56 Å². The Bertz CT molecular complexity index is 965. The Kier molecular flexibility index (Phi) is 5.53. The molecule has 0 radical (unpaired) electrons. The summed E-state index contributed by atoms with van der Waals surface area (Å²) in [6.45, 7) is 0.0121. The molecular formula is C19H19N3O7. The summed E-state index contributed by atoms with van der Waals surface area (Å²) in [5, 5.41) is 11.0. The van der Waals surface area contributed by atoms with Crippen LogP contribution in [-0.2, 0) is 11.2 Å². The molecule has 3 rings (SSSR count). The Morgan fingerprint density at radius 2 is 1.83 bits per heavy atom. The Morgan fingerprint density at radius 1 is 1.17 bits per heavy atom. The van der Waals surface area contributed by atoms with Crippen LogP contribution in [0.3, 0.4) is 0 Å². The molecule has 29 heavy (non-hydrogen) atoms. The third-order valence-electron chi connectivity index (χ3n) is 4.48. The SMILES string of the molecule is COc1cc(C(=O)N2CCc3cc([N+](=O)[O-])ccc32)cc(OC)c1OCC(N)=O. The molecule has 1 aliphatic heterocycles. The van der Waals surface area contributed by atoms with Gasteiger partial charge < -0.3 is 24.8 Å². The molecule has 0 spiro atoms. The zero-order valence-corrected chi connectivity index (χ0v) is 15.8. The number of rotatable bonds is 7. The van der Waals surface area contributed by atoms with Crippen LogP contribution in [0.25, 0.3) is 0 Å². The minimum atomic E-state index is -0.669. The Morgan fingerprint density at radius 3 is 2.38 bits per heavy atom. The van der Waals surface area contributed by atoms with E-state index in [1.54, 1.807) is 6.07 Å². The topological polar surface area (TPSA) is 134 Å². The van der Waals surface area contributed by atoms with Crippen LogP contribution in [0.15, 0.2) is 30.3 Å². The zero-order chi connectivity index (χ0) is 21.1. The lowest BCUT2D eigenvalue weighted by atomic mass is 10.1. The summed E-state index contributed by atoms with van der Waals surface area (Å²) >= 11 is 0. The number of hydrogen-bond acceptors (Lipinski definition) is 7. The highest BCUT2D eigenvalue weighted by molar-refractivity contribution is 6.08. The van der Waals surface area contributed by atoms with Gasteiger partial charge in [-0.3, -0.25) is 19.7 Å². The van der Waals surface area contributed by atoms with Crippen molar-refractivity contribution >= 4 is 23.2 Å². The van der Waals surface area contributed by atoms with Crippen LogP contribution in [0, 0.1) is 10.1 Å². The second kappa shape index (κ2) is 8.05. The molecule has 0 atom stereocenters. The lowest BCUT2D eigenvalue weighted by molar-refractivity contribution is -0.384. The lowest BCUT2D eigenvalue weighted by Crippen LogP contribution is -2.29. The summed E-state index contributed by atoms with van der Waals surface area (Å²) in [7, 11) is 2.79. The zero-order valence-electron chi connectivity index (χ0n) is 15.8.